The molecule has 5 heteroatoms. The van der Waals surface area contributed by atoms with Crippen molar-refractivity contribution in [3.63, 3.8) is 0 Å². The molecule has 2 aliphatic rings. The fraction of sp³-hybridized carbons (Fsp3) is 0.600. The SMILES string of the molecule is CC.N=C(N1C2CCCC1CC2)n1cc(O)ccc1=N. The van der Waals surface area contributed by atoms with Gasteiger partial charge in [0.1, 0.15) is 11.2 Å². The molecule has 20 heavy (non-hydrogen) atoms. The first kappa shape index (κ1) is 14.6. The highest BCUT2D eigenvalue weighted by Crippen LogP contribution is 2.35. The Morgan fingerprint density at radius 2 is 1.75 bits per heavy atom. The van der Waals surface area contributed by atoms with Gasteiger partial charge < -0.3 is 10.0 Å². The van der Waals surface area contributed by atoms with E-state index in [2.05, 4.69) is 4.90 Å². The molecule has 2 atom stereocenters. The molecular weight excluding hydrogens is 252 g/mol. The fourth-order valence-electron chi connectivity index (χ4n) is 3.25. The molecular formula is C15H24N4O. The molecule has 2 bridgehead atoms. The molecule has 0 spiro atoms. The first-order valence-electron chi connectivity index (χ1n) is 7.50. The van der Waals surface area contributed by atoms with Crippen LogP contribution >= 0.6 is 0 Å². The summed E-state index contributed by atoms with van der Waals surface area (Å²) in [7, 11) is 0. The summed E-state index contributed by atoms with van der Waals surface area (Å²) in [5, 5.41) is 25.7. The predicted octanol–water partition coefficient (Wildman–Crippen LogP) is 2.50. The van der Waals surface area contributed by atoms with Crippen LogP contribution in [0.1, 0.15) is 46.0 Å². The number of pyridine rings is 1. The van der Waals surface area contributed by atoms with Crippen LogP contribution in [0.25, 0.3) is 0 Å². The lowest BCUT2D eigenvalue weighted by molar-refractivity contribution is 0.227. The Kier molecular flexibility index (Phi) is 4.47. The first-order chi connectivity index (χ1) is 9.66. The molecule has 0 amide bonds. The van der Waals surface area contributed by atoms with E-state index in [1.165, 1.54) is 29.3 Å². The number of nitrogens with zero attached hydrogens (tertiary/aromatic N) is 2. The standard InChI is InChI=1S/C13H18N4O.C2H6/c14-12-7-6-11(18)8-16(12)13(15)17-9-2-1-3-10(17)5-4-9;1-2/h6-10,14-15,18H,1-5H2;1-2H3. The van der Waals surface area contributed by atoms with Crippen LogP contribution in [0.5, 0.6) is 5.75 Å². The minimum Gasteiger partial charge on any atom is -0.506 e. The lowest BCUT2D eigenvalue weighted by Gasteiger charge is -2.36. The van der Waals surface area contributed by atoms with Crippen LogP contribution in [0, 0.1) is 10.8 Å². The van der Waals surface area contributed by atoms with Gasteiger partial charge in [-0.25, -0.2) is 0 Å². The van der Waals surface area contributed by atoms with Gasteiger partial charge in [0.25, 0.3) is 0 Å². The number of fused-ring (bicyclic) bond motifs is 2. The zero-order valence-electron chi connectivity index (χ0n) is 12.3. The first-order valence-corrected chi connectivity index (χ1v) is 7.50. The number of nitrogens with one attached hydrogen (secondary N) is 2. The van der Waals surface area contributed by atoms with Gasteiger partial charge in [0.05, 0.1) is 6.20 Å². The third-order valence-electron chi connectivity index (χ3n) is 4.10. The van der Waals surface area contributed by atoms with Crippen molar-refractivity contribution in [2.45, 2.75) is 58.0 Å². The molecule has 110 valence electrons. The van der Waals surface area contributed by atoms with Gasteiger partial charge in [0, 0.05) is 12.1 Å². The summed E-state index contributed by atoms with van der Waals surface area (Å²) in [5.74, 6) is 0.434. The normalized spacial score (nSPS) is 24.0. The largest absolute Gasteiger partial charge is 0.506 e. The van der Waals surface area contributed by atoms with E-state index in [0.717, 1.165) is 25.7 Å². The summed E-state index contributed by atoms with van der Waals surface area (Å²) in [6, 6.07) is 3.91. The molecule has 5 nitrogen and oxygen atoms in total. The number of aromatic hydroxyl groups is 1. The molecule has 3 rings (SSSR count). The number of aromatic nitrogens is 1. The third kappa shape index (κ3) is 2.57. The lowest BCUT2D eigenvalue weighted by atomic mass is 10.0. The molecule has 2 unspecified atom stereocenters. The summed E-state index contributed by atoms with van der Waals surface area (Å²) >= 11 is 0. The van der Waals surface area contributed by atoms with Crippen molar-refractivity contribution in [3.05, 3.63) is 23.8 Å². The zero-order valence-corrected chi connectivity index (χ0v) is 12.3. The van der Waals surface area contributed by atoms with Crippen LogP contribution in [0.3, 0.4) is 0 Å². The topological polar surface area (TPSA) is 76.1 Å². The second-order valence-corrected chi connectivity index (χ2v) is 5.19. The average Bonchev–Trinajstić information content (AvgIpc) is 2.72. The highest BCUT2D eigenvalue weighted by molar-refractivity contribution is 5.80. The van der Waals surface area contributed by atoms with Crippen molar-refractivity contribution in [2.75, 3.05) is 0 Å². The molecule has 2 fully saturated rings. The molecule has 3 heterocycles. The molecule has 3 N–H and O–H groups in total. The maximum Gasteiger partial charge on any atom is 0.204 e. The summed E-state index contributed by atoms with van der Waals surface area (Å²) in [6.07, 6.45) is 7.30. The molecule has 0 aromatic carbocycles. The van der Waals surface area contributed by atoms with Crippen LogP contribution < -0.4 is 5.49 Å². The zero-order chi connectivity index (χ0) is 14.7. The van der Waals surface area contributed by atoms with E-state index in [1.807, 2.05) is 13.8 Å². The fourth-order valence-corrected chi connectivity index (χ4v) is 3.25. The van der Waals surface area contributed by atoms with Crippen molar-refractivity contribution in [1.29, 1.82) is 10.8 Å². The van der Waals surface area contributed by atoms with Crippen molar-refractivity contribution < 1.29 is 5.11 Å². The molecule has 0 radical (unpaired) electrons. The van der Waals surface area contributed by atoms with Crippen LogP contribution in [-0.2, 0) is 0 Å². The Balaban J connectivity index is 0.000000704. The quantitative estimate of drug-likeness (QED) is 0.503. The Morgan fingerprint density at radius 3 is 2.35 bits per heavy atom. The Labute approximate surface area is 119 Å². The van der Waals surface area contributed by atoms with Gasteiger partial charge in [-0.2, -0.15) is 0 Å². The van der Waals surface area contributed by atoms with Gasteiger partial charge in [0.2, 0.25) is 5.96 Å². The van der Waals surface area contributed by atoms with E-state index in [9.17, 15) is 5.11 Å². The van der Waals surface area contributed by atoms with Gasteiger partial charge in [-0.1, -0.05) is 13.8 Å². The molecule has 0 saturated carbocycles. The number of hydrogen-bond acceptors (Lipinski definition) is 3. The lowest BCUT2D eigenvalue weighted by Crippen LogP contribution is -2.48. The van der Waals surface area contributed by atoms with Gasteiger partial charge in [0.15, 0.2) is 0 Å². The van der Waals surface area contributed by atoms with Crippen molar-refractivity contribution >= 4 is 5.96 Å². The van der Waals surface area contributed by atoms with E-state index in [-0.39, 0.29) is 11.2 Å². The van der Waals surface area contributed by atoms with Gasteiger partial charge in [-0.15, -0.1) is 0 Å². The van der Waals surface area contributed by atoms with Crippen molar-refractivity contribution in [2.24, 2.45) is 0 Å². The smallest absolute Gasteiger partial charge is 0.204 e. The molecule has 0 aliphatic carbocycles. The number of rotatable bonds is 0. The summed E-state index contributed by atoms with van der Waals surface area (Å²) in [6.45, 7) is 4.00. The van der Waals surface area contributed by atoms with Crippen molar-refractivity contribution in [3.8, 4) is 5.75 Å². The number of hydrogen-bond donors (Lipinski definition) is 3. The summed E-state index contributed by atoms with van der Waals surface area (Å²) < 4.78 is 1.46. The van der Waals surface area contributed by atoms with Crippen LogP contribution in [0.4, 0.5) is 0 Å². The third-order valence-corrected chi connectivity index (χ3v) is 4.10. The highest BCUT2D eigenvalue weighted by Gasteiger charge is 2.38. The Bertz CT molecular complexity index is 521. The van der Waals surface area contributed by atoms with Gasteiger partial charge in [-0.05, 0) is 44.2 Å². The van der Waals surface area contributed by atoms with E-state index in [4.69, 9.17) is 10.8 Å². The van der Waals surface area contributed by atoms with Crippen LogP contribution in [0.15, 0.2) is 18.3 Å². The maximum atomic E-state index is 9.51. The second kappa shape index (κ2) is 6.11. The monoisotopic (exact) mass is 276 g/mol. The number of piperidine rings is 1. The van der Waals surface area contributed by atoms with E-state index >= 15 is 0 Å². The Morgan fingerprint density at radius 1 is 1.15 bits per heavy atom. The van der Waals surface area contributed by atoms with Gasteiger partial charge in [-0.3, -0.25) is 15.4 Å². The molecule has 2 aliphatic heterocycles. The average molecular weight is 276 g/mol. The van der Waals surface area contributed by atoms with E-state index < -0.39 is 0 Å². The second-order valence-electron chi connectivity index (χ2n) is 5.19. The highest BCUT2D eigenvalue weighted by atomic mass is 16.3. The molecule has 1 aromatic heterocycles. The maximum absolute atomic E-state index is 9.51. The minimum atomic E-state index is 0.0973. The Hall–Kier alpha value is -1.78. The predicted molar refractivity (Wildman–Crippen MR) is 78.9 cm³/mol. The molecule has 1 aromatic rings. The van der Waals surface area contributed by atoms with Crippen molar-refractivity contribution in [1.82, 2.24) is 9.47 Å². The summed E-state index contributed by atoms with van der Waals surface area (Å²) in [4.78, 5) is 2.14. The van der Waals surface area contributed by atoms with Gasteiger partial charge >= 0.3 is 0 Å². The molecule has 2 saturated heterocycles. The van der Waals surface area contributed by atoms with E-state index in [0.29, 0.717) is 18.0 Å². The van der Waals surface area contributed by atoms with E-state index in [1.54, 1.807) is 0 Å². The summed E-state index contributed by atoms with van der Waals surface area (Å²) in [5.41, 5.74) is 0.239. The van der Waals surface area contributed by atoms with Crippen LogP contribution in [-0.4, -0.2) is 32.6 Å². The minimum absolute atomic E-state index is 0.0973. The van der Waals surface area contributed by atoms with Crippen LogP contribution in [0.2, 0.25) is 0 Å².